The first-order chi connectivity index (χ1) is 9.89. The van der Waals surface area contributed by atoms with Gasteiger partial charge in [0.05, 0.1) is 34.4 Å². The molecule has 21 heavy (non-hydrogen) atoms. The molecule has 0 aliphatic carbocycles. The van der Waals surface area contributed by atoms with Crippen molar-refractivity contribution in [3.63, 3.8) is 0 Å². The Kier molecular flexibility index (Phi) is 8.73. The van der Waals surface area contributed by atoms with Gasteiger partial charge < -0.3 is 14.2 Å². The summed E-state index contributed by atoms with van der Waals surface area (Å²) in [4.78, 5) is 35.7. The lowest BCUT2D eigenvalue weighted by Crippen LogP contribution is -2.42. The third kappa shape index (κ3) is 4.75. The van der Waals surface area contributed by atoms with Crippen molar-refractivity contribution in [2.45, 2.75) is 19.0 Å². The van der Waals surface area contributed by atoms with Crippen molar-refractivity contribution in [1.82, 2.24) is 0 Å². The van der Waals surface area contributed by atoms with Crippen LogP contribution < -0.4 is 0 Å². The first kappa shape index (κ1) is 19.5. The van der Waals surface area contributed by atoms with E-state index < -0.39 is 43.4 Å². The minimum Gasteiger partial charge on any atom is -0.469 e. The standard InChI is InChI=1S/C12H20O8P/c1-6-7(10(13)17-2)8(11(14)18-3)9(12(15)19-4)21(16)20-5/h7-9H,6H2,1-5H3/q+1. The summed E-state index contributed by atoms with van der Waals surface area (Å²) >= 11 is 0. The smallest absolute Gasteiger partial charge is 0.469 e. The van der Waals surface area contributed by atoms with Crippen LogP contribution >= 0.6 is 8.03 Å². The molecule has 0 aliphatic rings. The van der Waals surface area contributed by atoms with Crippen molar-refractivity contribution < 1.29 is 37.7 Å². The number of esters is 3. The molecule has 0 heterocycles. The van der Waals surface area contributed by atoms with Gasteiger partial charge in [-0.2, -0.15) is 0 Å². The maximum atomic E-state index is 12.0. The van der Waals surface area contributed by atoms with Gasteiger partial charge in [-0.25, -0.2) is 4.79 Å². The van der Waals surface area contributed by atoms with Gasteiger partial charge in [-0.1, -0.05) is 6.92 Å². The first-order valence-corrected chi connectivity index (χ1v) is 7.38. The van der Waals surface area contributed by atoms with Gasteiger partial charge in [-0.15, -0.1) is 4.52 Å². The van der Waals surface area contributed by atoms with Crippen LogP contribution in [0.4, 0.5) is 0 Å². The second kappa shape index (κ2) is 9.41. The number of rotatable bonds is 8. The molecule has 0 fully saturated rings. The molecule has 4 atom stereocenters. The van der Waals surface area contributed by atoms with E-state index in [2.05, 4.69) is 18.7 Å². The Morgan fingerprint density at radius 2 is 1.38 bits per heavy atom. The number of carbonyl (C=O) groups excluding carboxylic acids is 3. The quantitative estimate of drug-likeness (QED) is 0.368. The van der Waals surface area contributed by atoms with E-state index in [0.29, 0.717) is 0 Å². The zero-order valence-electron chi connectivity index (χ0n) is 12.7. The molecule has 4 unspecified atom stereocenters. The molecule has 0 saturated carbocycles. The van der Waals surface area contributed by atoms with Crippen LogP contribution in [0.2, 0.25) is 0 Å². The highest BCUT2D eigenvalue weighted by molar-refractivity contribution is 7.41. The van der Waals surface area contributed by atoms with Gasteiger partial charge in [0.1, 0.15) is 5.92 Å². The highest BCUT2D eigenvalue weighted by Gasteiger charge is 2.55. The van der Waals surface area contributed by atoms with E-state index in [9.17, 15) is 18.9 Å². The summed E-state index contributed by atoms with van der Waals surface area (Å²) in [5.41, 5.74) is -1.45. The molecule has 0 N–H and O–H groups in total. The Labute approximate surface area is 123 Å². The normalized spacial score (nSPS) is 15.4. The topological polar surface area (TPSA) is 105 Å². The molecular formula is C12H20O8P+. The summed E-state index contributed by atoms with van der Waals surface area (Å²) in [6.07, 6.45) is 0.187. The van der Waals surface area contributed by atoms with Gasteiger partial charge in [-0.3, -0.25) is 9.59 Å². The maximum Gasteiger partial charge on any atom is 0.524 e. The molecular weight excluding hydrogens is 303 g/mol. The number of hydrogen-bond acceptors (Lipinski definition) is 8. The highest BCUT2D eigenvalue weighted by atomic mass is 31.1. The molecule has 0 aromatic carbocycles. The Morgan fingerprint density at radius 3 is 1.71 bits per heavy atom. The fraction of sp³-hybridized carbons (Fsp3) is 0.750. The lowest BCUT2D eigenvalue weighted by atomic mass is 9.87. The molecule has 120 valence electrons. The Bertz CT molecular complexity index is 392. The van der Waals surface area contributed by atoms with Gasteiger partial charge in [0.2, 0.25) is 0 Å². The van der Waals surface area contributed by atoms with E-state index in [1.807, 2.05) is 0 Å². The third-order valence-corrected chi connectivity index (χ3v) is 4.39. The van der Waals surface area contributed by atoms with Crippen LogP contribution in [0.3, 0.4) is 0 Å². The SMILES string of the molecule is CCC(C(=O)OC)C(C(=O)OC)C(C(=O)OC)[P+](=O)OC. The van der Waals surface area contributed by atoms with Crippen molar-refractivity contribution in [1.29, 1.82) is 0 Å². The predicted octanol–water partition coefficient (Wildman–Crippen LogP) is 0.905. The van der Waals surface area contributed by atoms with E-state index in [0.717, 1.165) is 28.4 Å². The van der Waals surface area contributed by atoms with Crippen LogP contribution in [0.5, 0.6) is 0 Å². The highest BCUT2D eigenvalue weighted by Crippen LogP contribution is 2.39. The zero-order valence-corrected chi connectivity index (χ0v) is 13.5. The molecule has 0 radical (unpaired) electrons. The van der Waals surface area contributed by atoms with E-state index in [-0.39, 0.29) is 6.42 Å². The summed E-state index contributed by atoms with van der Waals surface area (Å²) in [7, 11) is 1.91. The lowest BCUT2D eigenvalue weighted by Gasteiger charge is -2.22. The fourth-order valence-electron chi connectivity index (χ4n) is 1.97. The molecule has 0 aromatic rings. The predicted molar refractivity (Wildman–Crippen MR) is 71.7 cm³/mol. The van der Waals surface area contributed by atoms with Crippen molar-refractivity contribution in [3.05, 3.63) is 0 Å². The summed E-state index contributed by atoms with van der Waals surface area (Å²) in [5, 5.41) is 0. The minimum atomic E-state index is -2.57. The molecule has 0 amide bonds. The van der Waals surface area contributed by atoms with Crippen molar-refractivity contribution >= 4 is 25.9 Å². The summed E-state index contributed by atoms with van der Waals surface area (Å²) in [6.45, 7) is 1.63. The monoisotopic (exact) mass is 323 g/mol. The summed E-state index contributed by atoms with van der Waals surface area (Å²) < 4.78 is 30.4. The Morgan fingerprint density at radius 1 is 0.905 bits per heavy atom. The average molecular weight is 323 g/mol. The van der Waals surface area contributed by atoms with Gasteiger partial charge in [-0.05, 0) is 11.0 Å². The lowest BCUT2D eigenvalue weighted by molar-refractivity contribution is -0.160. The van der Waals surface area contributed by atoms with Gasteiger partial charge in [0.15, 0.2) is 0 Å². The second-order valence-corrected chi connectivity index (χ2v) is 5.51. The number of ether oxygens (including phenoxy) is 3. The first-order valence-electron chi connectivity index (χ1n) is 6.13. The van der Waals surface area contributed by atoms with Crippen molar-refractivity contribution in [3.8, 4) is 0 Å². The number of methoxy groups -OCH3 is 3. The van der Waals surface area contributed by atoms with E-state index in [4.69, 9.17) is 0 Å². The molecule has 0 saturated heterocycles. The summed E-state index contributed by atoms with van der Waals surface area (Å²) in [5.74, 6) is -4.80. The minimum absolute atomic E-state index is 0.187. The van der Waals surface area contributed by atoms with Crippen LogP contribution in [0, 0.1) is 11.8 Å². The fourth-order valence-corrected chi connectivity index (χ4v) is 3.06. The van der Waals surface area contributed by atoms with E-state index in [1.54, 1.807) is 6.92 Å². The largest absolute Gasteiger partial charge is 0.524 e. The van der Waals surface area contributed by atoms with Gasteiger partial charge >= 0.3 is 25.9 Å². The van der Waals surface area contributed by atoms with Crippen LogP contribution in [-0.2, 0) is 37.7 Å². The average Bonchev–Trinajstić information content (AvgIpc) is 2.52. The number of carbonyl (C=O) groups is 3. The number of hydrogen-bond donors (Lipinski definition) is 0. The Hall–Kier alpha value is -1.53. The zero-order chi connectivity index (χ0) is 16.6. The van der Waals surface area contributed by atoms with Gasteiger partial charge in [0.25, 0.3) is 5.66 Å². The van der Waals surface area contributed by atoms with E-state index >= 15 is 0 Å². The van der Waals surface area contributed by atoms with E-state index in [1.165, 1.54) is 0 Å². The molecule has 9 heteroatoms. The maximum absolute atomic E-state index is 12.0. The molecule has 8 nitrogen and oxygen atoms in total. The molecule has 0 rings (SSSR count). The summed E-state index contributed by atoms with van der Waals surface area (Å²) in [6, 6.07) is 0. The third-order valence-electron chi connectivity index (χ3n) is 3.04. The molecule has 0 aromatic heterocycles. The van der Waals surface area contributed by atoms with Crippen LogP contribution in [0.1, 0.15) is 13.3 Å². The van der Waals surface area contributed by atoms with Crippen LogP contribution in [0.25, 0.3) is 0 Å². The Balaban J connectivity index is 5.83. The molecule has 0 spiro atoms. The van der Waals surface area contributed by atoms with Crippen molar-refractivity contribution in [2.24, 2.45) is 11.8 Å². The van der Waals surface area contributed by atoms with Crippen molar-refractivity contribution in [2.75, 3.05) is 28.4 Å². The van der Waals surface area contributed by atoms with Crippen LogP contribution in [-0.4, -0.2) is 52.0 Å². The van der Waals surface area contributed by atoms with Crippen LogP contribution in [0.15, 0.2) is 0 Å². The second-order valence-electron chi connectivity index (χ2n) is 4.02. The van der Waals surface area contributed by atoms with Gasteiger partial charge in [0, 0.05) is 0 Å². The molecule has 0 bridgehead atoms. The molecule has 0 aliphatic heterocycles.